The molecule has 3 aromatic rings. The minimum Gasteiger partial charge on any atom is -0.367 e. The molecule has 204 valence electrons. The molecule has 0 aromatic heterocycles. The zero-order chi connectivity index (χ0) is 28.2. The van der Waals surface area contributed by atoms with E-state index in [1.165, 1.54) is 23.8 Å². The first kappa shape index (κ1) is 28.5. The summed E-state index contributed by atoms with van der Waals surface area (Å²) in [6, 6.07) is 20.3. The van der Waals surface area contributed by atoms with Crippen molar-refractivity contribution in [1.82, 2.24) is 0 Å². The van der Waals surface area contributed by atoms with Gasteiger partial charge in [0, 0.05) is 24.3 Å². The number of nitrogens with zero attached hydrogens (tertiary/aromatic N) is 1. The molecule has 0 unspecified atom stereocenters. The molecular weight excluding hydrogens is 534 g/mol. The van der Waals surface area contributed by atoms with Crippen LogP contribution in [-0.2, 0) is 26.8 Å². The highest BCUT2D eigenvalue weighted by Crippen LogP contribution is 2.36. The molecule has 0 fully saturated rings. The van der Waals surface area contributed by atoms with Crippen molar-refractivity contribution in [3.8, 4) is 0 Å². The molecule has 7 nitrogen and oxygen atoms in total. The van der Waals surface area contributed by atoms with Crippen molar-refractivity contribution in [2.75, 3.05) is 11.4 Å². The van der Waals surface area contributed by atoms with Crippen LogP contribution >= 0.6 is 0 Å². The second-order valence-electron chi connectivity index (χ2n) is 9.25. The van der Waals surface area contributed by atoms with E-state index < -0.39 is 20.2 Å². The molecule has 0 saturated heterocycles. The van der Waals surface area contributed by atoms with Gasteiger partial charge in [-0.25, -0.2) is 0 Å². The second kappa shape index (κ2) is 11.7. The summed E-state index contributed by atoms with van der Waals surface area (Å²) in [7, 11) is -8.77. The predicted octanol–water partition coefficient (Wildman–Crippen LogP) is 6.30. The lowest BCUT2D eigenvalue weighted by atomic mass is 9.88. The Kier molecular flexibility index (Phi) is 8.56. The summed E-state index contributed by atoms with van der Waals surface area (Å²) in [6.07, 6.45) is 7.80. The van der Waals surface area contributed by atoms with E-state index in [0.29, 0.717) is 24.2 Å². The van der Waals surface area contributed by atoms with Gasteiger partial charge in [0.25, 0.3) is 20.2 Å². The van der Waals surface area contributed by atoms with Crippen LogP contribution < -0.4 is 4.90 Å². The van der Waals surface area contributed by atoms with E-state index in [4.69, 9.17) is 0 Å². The number of rotatable bonds is 9. The highest BCUT2D eigenvalue weighted by atomic mass is 32.2. The SMILES string of the molecule is CCC1=CC(=C(c2ccc(N(CC)Cc3cccc(S(=O)(=O)O)c3)cc2)c2ccccc2S(=O)(=O)O)C=CC1. The van der Waals surface area contributed by atoms with Crippen molar-refractivity contribution in [2.45, 2.75) is 43.0 Å². The standard InChI is InChI=1S/C30H31NO6S2/c1-3-22-9-7-11-25(19-22)30(28-13-5-6-14-29(28)39(35,36)37)24-15-17-26(18-16-24)31(4-2)21-23-10-8-12-27(20-23)38(32,33)34/h5-8,10-20H,3-4,9,21H2,1-2H3,(H,32,33,34)(H,35,36,37). The molecule has 1 aliphatic rings. The van der Waals surface area contributed by atoms with Gasteiger partial charge in [-0.3, -0.25) is 9.11 Å². The first-order valence-electron chi connectivity index (χ1n) is 12.6. The summed E-state index contributed by atoms with van der Waals surface area (Å²) in [4.78, 5) is 1.75. The molecule has 0 aliphatic heterocycles. The molecular formula is C30H31NO6S2. The minimum atomic E-state index is -4.47. The molecule has 39 heavy (non-hydrogen) atoms. The topological polar surface area (TPSA) is 112 Å². The van der Waals surface area contributed by atoms with Crippen LogP contribution in [-0.4, -0.2) is 32.5 Å². The van der Waals surface area contributed by atoms with Gasteiger partial charge < -0.3 is 4.90 Å². The first-order valence-corrected chi connectivity index (χ1v) is 15.5. The van der Waals surface area contributed by atoms with Crippen LogP contribution in [0.3, 0.4) is 0 Å². The lowest BCUT2D eigenvalue weighted by Gasteiger charge is -2.24. The van der Waals surface area contributed by atoms with Crippen LogP contribution in [0, 0.1) is 0 Å². The highest BCUT2D eigenvalue weighted by Gasteiger charge is 2.21. The van der Waals surface area contributed by atoms with Crippen molar-refractivity contribution in [3.63, 3.8) is 0 Å². The molecule has 0 radical (unpaired) electrons. The van der Waals surface area contributed by atoms with Gasteiger partial charge in [0.15, 0.2) is 0 Å². The van der Waals surface area contributed by atoms with E-state index in [1.807, 2.05) is 37.3 Å². The fourth-order valence-corrected chi connectivity index (χ4v) is 5.94. The summed E-state index contributed by atoms with van der Waals surface area (Å²) < 4.78 is 67.0. The number of hydrogen-bond donors (Lipinski definition) is 2. The Bertz CT molecular complexity index is 1670. The molecule has 0 saturated carbocycles. The third kappa shape index (κ3) is 6.75. The fraction of sp³-hybridized carbons (Fsp3) is 0.200. The van der Waals surface area contributed by atoms with E-state index >= 15 is 0 Å². The van der Waals surface area contributed by atoms with Crippen molar-refractivity contribution < 1.29 is 25.9 Å². The number of hydrogen-bond acceptors (Lipinski definition) is 5. The Hall–Kier alpha value is -3.50. The van der Waals surface area contributed by atoms with Gasteiger partial charge in [-0.1, -0.05) is 73.2 Å². The molecule has 2 N–H and O–H groups in total. The lowest BCUT2D eigenvalue weighted by Crippen LogP contribution is -2.22. The van der Waals surface area contributed by atoms with Crippen LogP contribution in [0.4, 0.5) is 5.69 Å². The fourth-order valence-electron chi connectivity index (χ4n) is 4.69. The Morgan fingerprint density at radius 3 is 2.23 bits per heavy atom. The first-order chi connectivity index (χ1) is 18.5. The van der Waals surface area contributed by atoms with Crippen LogP contribution in [0.5, 0.6) is 0 Å². The van der Waals surface area contributed by atoms with Gasteiger partial charge in [-0.2, -0.15) is 16.8 Å². The molecule has 0 spiro atoms. The van der Waals surface area contributed by atoms with E-state index in [0.717, 1.165) is 35.2 Å². The summed E-state index contributed by atoms with van der Waals surface area (Å²) in [5.41, 5.74) is 5.58. The van der Waals surface area contributed by atoms with E-state index in [1.54, 1.807) is 30.3 Å². The maximum Gasteiger partial charge on any atom is 0.295 e. The maximum absolute atomic E-state index is 12.3. The Morgan fingerprint density at radius 2 is 1.59 bits per heavy atom. The number of anilines is 1. The van der Waals surface area contributed by atoms with Crippen molar-refractivity contribution in [1.29, 1.82) is 0 Å². The summed E-state index contributed by atoms with van der Waals surface area (Å²) in [5.74, 6) is 0. The van der Waals surface area contributed by atoms with Gasteiger partial charge in [-0.05, 0) is 72.4 Å². The maximum atomic E-state index is 12.3. The molecule has 0 heterocycles. The Balaban J connectivity index is 1.77. The van der Waals surface area contributed by atoms with E-state index in [-0.39, 0.29) is 9.79 Å². The summed E-state index contributed by atoms with van der Waals surface area (Å²) in [5, 5.41) is 0. The lowest BCUT2D eigenvalue weighted by molar-refractivity contribution is 0.480. The van der Waals surface area contributed by atoms with E-state index in [9.17, 15) is 25.9 Å². The van der Waals surface area contributed by atoms with Crippen LogP contribution in [0.15, 0.2) is 112 Å². The molecule has 9 heteroatoms. The average Bonchev–Trinajstić information content (AvgIpc) is 2.92. The van der Waals surface area contributed by atoms with Crippen LogP contribution in [0.1, 0.15) is 43.4 Å². The third-order valence-corrected chi connectivity index (χ3v) is 8.45. The van der Waals surface area contributed by atoms with Crippen LogP contribution in [0.2, 0.25) is 0 Å². The van der Waals surface area contributed by atoms with Crippen molar-refractivity contribution >= 4 is 31.5 Å². The third-order valence-electron chi connectivity index (χ3n) is 6.69. The monoisotopic (exact) mass is 565 g/mol. The zero-order valence-electron chi connectivity index (χ0n) is 21.8. The van der Waals surface area contributed by atoms with Gasteiger partial charge in [0.05, 0.1) is 4.90 Å². The van der Waals surface area contributed by atoms with Crippen molar-refractivity contribution in [2.24, 2.45) is 0 Å². The van der Waals surface area contributed by atoms with Gasteiger partial charge >= 0.3 is 0 Å². The minimum absolute atomic E-state index is 0.153. The van der Waals surface area contributed by atoms with E-state index in [2.05, 4.69) is 24.0 Å². The molecule has 0 amide bonds. The molecule has 0 atom stereocenters. The normalized spacial score (nSPS) is 15.1. The second-order valence-corrected chi connectivity index (χ2v) is 12.1. The average molecular weight is 566 g/mol. The smallest absolute Gasteiger partial charge is 0.295 e. The quantitative estimate of drug-likeness (QED) is 0.293. The predicted molar refractivity (Wildman–Crippen MR) is 154 cm³/mol. The van der Waals surface area contributed by atoms with Crippen LogP contribution in [0.25, 0.3) is 5.57 Å². The highest BCUT2D eigenvalue weighted by molar-refractivity contribution is 7.86. The van der Waals surface area contributed by atoms with Gasteiger partial charge in [0.1, 0.15) is 4.90 Å². The molecule has 3 aromatic carbocycles. The molecule has 1 aliphatic carbocycles. The van der Waals surface area contributed by atoms with Gasteiger partial charge in [0.2, 0.25) is 0 Å². The Labute approximate surface area is 230 Å². The Morgan fingerprint density at radius 1 is 0.872 bits per heavy atom. The number of benzene rings is 3. The number of allylic oxidation sites excluding steroid dienone is 5. The van der Waals surface area contributed by atoms with Gasteiger partial charge in [-0.15, -0.1) is 0 Å². The summed E-state index contributed by atoms with van der Waals surface area (Å²) >= 11 is 0. The zero-order valence-corrected chi connectivity index (χ0v) is 23.4. The largest absolute Gasteiger partial charge is 0.367 e. The molecule has 4 rings (SSSR count). The van der Waals surface area contributed by atoms with Crippen molar-refractivity contribution in [3.05, 3.63) is 119 Å². The summed E-state index contributed by atoms with van der Waals surface area (Å²) in [6.45, 7) is 5.12. The molecule has 0 bridgehead atoms.